The summed E-state index contributed by atoms with van der Waals surface area (Å²) in [6.45, 7) is 0.496. The first-order valence-electron chi connectivity index (χ1n) is 7.36. The van der Waals surface area contributed by atoms with E-state index in [0.29, 0.717) is 12.4 Å². The second-order valence-electron chi connectivity index (χ2n) is 5.27. The van der Waals surface area contributed by atoms with E-state index in [1.807, 2.05) is 36.4 Å². The van der Waals surface area contributed by atoms with Crippen molar-refractivity contribution in [2.75, 3.05) is 25.4 Å². The van der Waals surface area contributed by atoms with Gasteiger partial charge in [-0.25, -0.2) is 10.8 Å². The number of nitrogens with two attached hydrogens (primary N) is 2. The quantitative estimate of drug-likeness (QED) is 0.488. The highest BCUT2D eigenvalue weighted by Gasteiger charge is 2.10. The van der Waals surface area contributed by atoms with Gasteiger partial charge in [0, 0.05) is 18.1 Å². The molecular weight excluding hydrogens is 306 g/mol. The van der Waals surface area contributed by atoms with Crippen LogP contribution in [-0.2, 0) is 11.3 Å². The van der Waals surface area contributed by atoms with Gasteiger partial charge < -0.3 is 20.6 Å². The normalized spacial score (nSPS) is 10.8. The van der Waals surface area contributed by atoms with Gasteiger partial charge >= 0.3 is 0 Å². The first-order valence-corrected chi connectivity index (χ1v) is 7.36. The van der Waals surface area contributed by atoms with Crippen LogP contribution in [0.5, 0.6) is 5.75 Å². The SMILES string of the molecule is COCc1ccc(-c2ccc3nc(N)nc(NN)c3c2)cc1OC. The van der Waals surface area contributed by atoms with Crippen molar-refractivity contribution in [2.24, 2.45) is 5.84 Å². The summed E-state index contributed by atoms with van der Waals surface area (Å²) in [6.07, 6.45) is 0. The third-order valence-corrected chi connectivity index (χ3v) is 3.77. The molecule has 0 amide bonds. The summed E-state index contributed by atoms with van der Waals surface area (Å²) in [5, 5.41) is 0.795. The third kappa shape index (κ3) is 2.94. The Kier molecular flexibility index (Phi) is 4.45. The van der Waals surface area contributed by atoms with E-state index < -0.39 is 0 Å². The van der Waals surface area contributed by atoms with Crippen LogP contribution in [0.2, 0.25) is 0 Å². The lowest BCUT2D eigenvalue weighted by Gasteiger charge is -2.12. The summed E-state index contributed by atoms with van der Waals surface area (Å²) in [7, 11) is 3.30. The minimum absolute atomic E-state index is 0.175. The molecule has 24 heavy (non-hydrogen) atoms. The van der Waals surface area contributed by atoms with Crippen LogP contribution in [0.15, 0.2) is 36.4 Å². The van der Waals surface area contributed by atoms with Crippen LogP contribution in [0.3, 0.4) is 0 Å². The van der Waals surface area contributed by atoms with E-state index in [-0.39, 0.29) is 5.95 Å². The molecule has 1 aromatic heterocycles. The average molecular weight is 325 g/mol. The lowest BCUT2D eigenvalue weighted by molar-refractivity contribution is 0.181. The molecule has 0 fully saturated rings. The van der Waals surface area contributed by atoms with E-state index in [0.717, 1.165) is 33.3 Å². The van der Waals surface area contributed by atoms with E-state index >= 15 is 0 Å². The van der Waals surface area contributed by atoms with Crippen LogP contribution in [-0.4, -0.2) is 24.2 Å². The van der Waals surface area contributed by atoms with Crippen molar-refractivity contribution in [3.8, 4) is 16.9 Å². The van der Waals surface area contributed by atoms with Gasteiger partial charge in [0.25, 0.3) is 0 Å². The maximum absolute atomic E-state index is 5.69. The zero-order valence-corrected chi connectivity index (χ0v) is 13.5. The Hall–Kier alpha value is -2.90. The minimum atomic E-state index is 0.175. The van der Waals surface area contributed by atoms with Crippen molar-refractivity contribution < 1.29 is 9.47 Å². The molecule has 0 spiro atoms. The molecule has 3 rings (SSSR count). The largest absolute Gasteiger partial charge is 0.496 e. The number of nitrogen functional groups attached to an aromatic ring is 2. The Morgan fingerprint density at radius 1 is 1.04 bits per heavy atom. The van der Waals surface area contributed by atoms with Gasteiger partial charge in [-0.05, 0) is 29.3 Å². The molecule has 7 heteroatoms. The van der Waals surface area contributed by atoms with Crippen molar-refractivity contribution in [3.05, 3.63) is 42.0 Å². The highest BCUT2D eigenvalue weighted by Crippen LogP contribution is 2.31. The highest BCUT2D eigenvalue weighted by molar-refractivity contribution is 5.93. The molecule has 0 aliphatic rings. The smallest absolute Gasteiger partial charge is 0.222 e. The molecular formula is C17H19N5O2. The number of aromatic nitrogens is 2. The lowest BCUT2D eigenvalue weighted by atomic mass is 10.0. The highest BCUT2D eigenvalue weighted by atomic mass is 16.5. The summed E-state index contributed by atoms with van der Waals surface area (Å²) >= 11 is 0. The number of hydrogen-bond acceptors (Lipinski definition) is 7. The van der Waals surface area contributed by atoms with Gasteiger partial charge in [-0.2, -0.15) is 4.98 Å². The zero-order valence-electron chi connectivity index (χ0n) is 13.5. The monoisotopic (exact) mass is 325 g/mol. The van der Waals surface area contributed by atoms with Crippen LogP contribution in [0.1, 0.15) is 5.56 Å². The van der Waals surface area contributed by atoms with E-state index in [2.05, 4.69) is 15.4 Å². The first-order chi connectivity index (χ1) is 11.7. The molecule has 0 aliphatic carbocycles. The van der Waals surface area contributed by atoms with Gasteiger partial charge in [-0.3, -0.25) is 0 Å². The molecule has 0 unspecified atom stereocenters. The van der Waals surface area contributed by atoms with Gasteiger partial charge in [0.2, 0.25) is 5.95 Å². The second kappa shape index (κ2) is 6.69. The number of anilines is 2. The molecule has 0 saturated heterocycles. The molecule has 5 N–H and O–H groups in total. The second-order valence-corrected chi connectivity index (χ2v) is 5.27. The molecule has 0 saturated carbocycles. The number of fused-ring (bicyclic) bond motifs is 1. The molecule has 0 radical (unpaired) electrons. The third-order valence-electron chi connectivity index (χ3n) is 3.77. The molecule has 1 heterocycles. The number of hydrogen-bond donors (Lipinski definition) is 3. The number of methoxy groups -OCH3 is 2. The van der Waals surface area contributed by atoms with Crippen molar-refractivity contribution in [3.63, 3.8) is 0 Å². The van der Waals surface area contributed by atoms with E-state index in [9.17, 15) is 0 Å². The van der Waals surface area contributed by atoms with E-state index in [4.69, 9.17) is 21.1 Å². The van der Waals surface area contributed by atoms with Crippen molar-refractivity contribution in [1.82, 2.24) is 9.97 Å². The number of hydrazine groups is 1. The van der Waals surface area contributed by atoms with Gasteiger partial charge in [0.15, 0.2) is 5.82 Å². The average Bonchev–Trinajstić information content (AvgIpc) is 2.61. The fourth-order valence-electron chi connectivity index (χ4n) is 2.63. The molecule has 0 aliphatic heterocycles. The summed E-state index contributed by atoms with van der Waals surface area (Å²) in [5.41, 5.74) is 12.0. The number of ether oxygens (including phenoxy) is 2. The predicted molar refractivity (Wildman–Crippen MR) is 94.5 cm³/mol. The van der Waals surface area contributed by atoms with E-state index in [1.165, 1.54) is 0 Å². The summed E-state index contributed by atoms with van der Waals surface area (Å²) < 4.78 is 10.6. The fourth-order valence-corrected chi connectivity index (χ4v) is 2.63. The van der Waals surface area contributed by atoms with Crippen LogP contribution < -0.4 is 21.7 Å². The first kappa shape index (κ1) is 16.0. The summed E-state index contributed by atoms with van der Waals surface area (Å²) in [5.74, 6) is 6.98. The van der Waals surface area contributed by atoms with Crippen molar-refractivity contribution >= 4 is 22.7 Å². The Morgan fingerprint density at radius 2 is 1.79 bits per heavy atom. The van der Waals surface area contributed by atoms with Gasteiger partial charge in [0.05, 0.1) is 19.2 Å². The Bertz CT molecular complexity index is 882. The molecule has 124 valence electrons. The van der Waals surface area contributed by atoms with Gasteiger partial charge in [-0.15, -0.1) is 0 Å². The van der Waals surface area contributed by atoms with Crippen LogP contribution >= 0.6 is 0 Å². The van der Waals surface area contributed by atoms with Crippen molar-refractivity contribution in [1.29, 1.82) is 0 Å². The summed E-state index contributed by atoms with van der Waals surface area (Å²) in [4.78, 5) is 8.34. The Morgan fingerprint density at radius 3 is 2.50 bits per heavy atom. The Balaban J connectivity index is 2.11. The van der Waals surface area contributed by atoms with Crippen LogP contribution in [0.25, 0.3) is 22.0 Å². The standard InChI is InChI=1S/C17H19N5O2/c1-23-9-12-4-3-11(8-15(12)24-2)10-5-6-14-13(7-10)16(22-19)21-17(18)20-14/h3-8H,9,19H2,1-2H3,(H3,18,20,21,22). The molecule has 2 aromatic carbocycles. The minimum Gasteiger partial charge on any atom is -0.496 e. The van der Waals surface area contributed by atoms with Gasteiger partial charge in [0.1, 0.15) is 5.75 Å². The number of benzene rings is 2. The molecule has 0 bridgehead atoms. The fraction of sp³-hybridized carbons (Fsp3) is 0.176. The van der Waals surface area contributed by atoms with Gasteiger partial charge in [-0.1, -0.05) is 18.2 Å². The number of nitrogens with zero attached hydrogens (tertiary/aromatic N) is 2. The number of nitrogens with one attached hydrogen (secondary N) is 1. The molecule has 3 aromatic rings. The van der Waals surface area contributed by atoms with Crippen LogP contribution in [0.4, 0.5) is 11.8 Å². The predicted octanol–water partition coefficient (Wildman–Crippen LogP) is 2.32. The summed E-state index contributed by atoms with van der Waals surface area (Å²) in [6, 6.07) is 11.8. The maximum atomic E-state index is 5.69. The van der Waals surface area contributed by atoms with E-state index in [1.54, 1.807) is 14.2 Å². The topological polar surface area (TPSA) is 108 Å². The zero-order chi connectivity index (χ0) is 17.1. The van der Waals surface area contributed by atoms with Crippen LogP contribution in [0, 0.1) is 0 Å². The Labute approximate surface area is 139 Å². The lowest BCUT2D eigenvalue weighted by Crippen LogP contribution is -2.11. The maximum Gasteiger partial charge on any atom is 0.222 e. The molecule has 0 atom stereocenters. The molecule has 7 nitrogen and oxygen atoms in total. The number of rotatable bonds is 5. The van der Waals surface area contributed by atoms with Crippen molar-refractivity contribution in [2.45, 2.75) is 6.61 Å².